The first-order valence-electron chi connectivity index (χ1n) is 6.80. The Balaban J connectivity index is 2.61. The SMILES string of the molecule is CCCN(CC(=O)O)C(=O)C1CCC=CCCC1. The van der Waals surface area contributed by atoms with Crippen molar-refractivity contribution in [1.82, 2.24) is 4.90 Å². The van der Waals surface area contributed by atoms with Crippen molar-refractivity contribution in [3.63, 3.8) is 0 Å². The molecule has 0 radical (unpaired) electrons. The molecule has 1 rings (SSSR count). The van der Waals surface area contributed by atoms with Gasteiger partial charge in [-0.2, -0.15) is 0 Å². The van der Waals surface area contributed by atoms with E-state index in [0.717, 1.165) is 38.5 Å². The summed E-state index contributed by atoms with van der Waals surface area (Å²) in [7, 11) is 0. The van der Waals surface area contributed by atoms with Gasteiger partial charge in [0.2, 0.25) is 5.91 Å². The Bertz CT molecular complexity index is 312. The molecule has 0 aromatic heterocycles. The van der Waals surface area contributed by atoms with Crippen molar-refractivity contribution in [3.05, 3.63) is 12.2 Å². The van der Waals surface area contributed by atoms with Crippen LogP contribution in [0.4, 0.5) is 0 Å². The molecule has 0 aromatic carbocycles. The van der Waals surface area contributed by atoms with Crippen LogP contribution in [0.3, 0.4) is 0 Å². The van der Waals surface area contributed by atoms with E-state index in [2.05, 4.69) is 12.2 Å². The van der Waals surface area contributed by atoms with E-state index in [1.165, 1.54) is 4.90 Å². The van der Waals surface area contributed by atoms with Gasteiger partial charge in [-0.05, 0) is 38.5 Å². The molecule has 0 saturated carbocycles. The van der Waals surface area contributed by atoms with Gasteiger partial charge in [-0.15, -0.1) is 0 Å². The molecule has 1 atom stereocenters. The van der Waals surface area contributed by atoms with Crippen molar-refractivity contribution < 1.29 is 14.7 Å². The molecule has 0 aromatic rings. The van der Waals surface area contributed by atoms with Gasteiger partial charge in [0, 0.05) is 12.5 Å². The van der Waals surface area contributed by atoms with Crippen molar-refractivity contribution >= 4 is 11.9 Å². The van der Waals surface area contributed by atoms with Gasteiger partial charge in [-0.3, -0.25) is 9.59 Å². The summed E-state index contributed by atoms with van der Waals surface area (Å²) in [6.45, 7) is 2.33. The molecule has 18 heavy (non-hydrogen) atoms. The van der Waals surface area contributed by atoms with Crippen molar-refractivity contribution in [1.29, 1.82) is 0 Å². The van der Waals surface area contributed by atoms with Gasteiger partial charge in [0.15, 0.2) is 0 Å². The predicted octanol–water partition coefficient (Wildman–Crippen LogP) is 2.45. The normalized spacial score (nSPS) is 19.9. The van der Waals surface area contributed by atoms with E-state index in [-0.39, 0.29) is 18.4 Å². The third kappa shape index (κ3) is 4.90. The highest BCUT2D eigenvalue weighted by Crippen LogP contribution is 2.21. The minimum Gasteiger partial charge on any atom is -0.480 e. The molecule has 1 N–H and O–H groups in total. The molecular formula is C14H23NO3. The second-order valence-electron chi connectivity index (χ2n) is 4.83. The number of carbonyl (C=O) groups is 2. The van der Waals surface area contributed by atoms with Gasteiger partial charge in [0.25, 0.3) is 0 Å². The first-order valence-corrected chi connectivity index (χ1v) is 6.80. The number of hydrogen-bond donors (Lipinski definition) is 1. The van der Waals surface area contributed by atoms with E-state index in [4.69, 9.17) is 5.11 Å². The molecule has 1 unspecified atom stereocenters. The summed E-state index contributed by atoms with van der Waals surface area (Å²) in [5.74, 6) is -0.905. The van der Waals surface area contributed by atoms with Gasteiger partial charge in [0.1, 0.15) is 6.54 Å². The molecule has 1 amide bonds. The number of hydrogen-bond acceptors (Lipinski definition) is 2. The smallest absolute Gasteiger partial charge is 0.323 e. The Labute approximate surface area is 109 Å². The van der Waals surface area contributed by atoms with Crippen LogP contribution in [0.5, 0.6) is 0 Å². The third-order valence-corrected chi connectivity index (χ3v) is 3.25. The Morgan fingerprint density at radius 2 is 2.00 bits per heavy atom. The van der Waals surface area contributed by atoms with Gasteiger partial charge >= 0.3 is 5.97 Å². The minimum atomic E-state index is -0.928. The molecule has 0 fully saturated rings. The lowest BCUT2D eigenvalue weighted by Crippen LogP contribution is -2.40. The number of carboxylic acid groups (broad SMARTS) is 1. The molecule has 4 heteroatoms. The lowest BCUT2D eigenvalue weighted by molar-refractivity contribution is -0.146. The maximum Gasteiger partial charge on any atom is 0.323 e. The first kappa shape index (κ1) is 14.7. The summed E-state index contributed by atoms with van der Waals surface area (Å²) in [6, 6.07) is 0. The zero-order valence-electron chi connectivity index (χ0n) is 11.1. The number of carboxylic acids is 1. The summed E-state index contributed by atoms with van der Waals surface area (Å²) in [5.41, 5.74) is 0. The van der Waals surface area contributed by atoms with E-state index >= 15 is 0 Å². The van der Waals surface area contributed by atoms with E-state index in [1.54, 1.807) is 0 Å². The molecular weight excluding hydrogens is 230 g/mol. The lowest BCUT2D eigenvalue weighted by atomic mass is 9.92. The van der Waals surface area contributed by atoms with Crippen molar-refractivity contribution in [2.24, 2.45) is 5.92 Å². The topological polar surface area (TPSA) is 57.6 Å². The highest BCUT2D eigenvalue weighted by Gasteiger charge is 2.24. The van der Waals surface area contributed by atoms with Crippen LogP contribution in [0, 0.1) is 5.92 Å². The number of aliphatic carboxylic acids is 1. The number of rotatable bonds is 5. The molecule has 102 valence electrons. The third-order valence-electron chi connectivity index (χ3n) is 3.25. The van der Waals surface area contributed by atoms with Crippen LogP contribution in [0.15, 0.2) is 12.2 Å². The average Bonchev–Trinajstić information content (AvgIpc) is 2.26. The monoisotopic (exact) mass is 253 g/mol. The maximum absolute atomic E-state index is 12.3. The zero-order chi connectivity index (χ0) is 13.4. The summed E-state index contributed by atoms with van der Waals surface area (Å²) < 4.78 is 0. The fourth-order valence-electron chi connectivity index (χ4n) is 2.37. The maximum atomic E-state index is 12.3. The van der Waals surface area contributed by atoms with Gasteiger partial charge in [-0.1, -0.05) is 19.1 Å². The zero-order valence-corrected chi connectivity index (χ0v) is 11.1. The fraction of sp³-hybridized carbons (Fsp3) is 0.714. The highest BCUT2D eigenvalue weighted by atomic mass is 16.4. The van der Waals surface area contributed by atoms with Gasteiger partial charge in [0.05, 0.1) is 0 Å². The Morgan fingerprint density at radius 1 is 1.28 bits per heavy atom. The molecule has 0 spiro atoms. The molecule has 0 aliphatic heterocycles. The van der Waals surface area contributed by atoms with E-state index in [9.17, 15) is 9.59 Å². The number of allylic oxidation sites excluding steroid dienone is 2. The van der Waals surface area contributed by atoms with Crippen LogP contribution in [0.1, 0.15) is 45.4 Å². The van der Waals surface area contributed by atoms with Gasteiger partial charge in [-0.25, -0.2) is 0 Å². The molecule has 1 aliphatic carbocycles. The second kappa shape index (κ2) is 7.90. The number of amides is 1. The van der Waals surface area contributed by atoms with Crippen LogP contribution in [0.25, 0.3) is 0 Å². The van der Waals surface area contributed by atoms with E-state index in [1.807, 2.05) is 6.92 Å². The van der Waals surface area contributed by atoms with Crippen LogP contribution >= 0.6 is 0 Å². The van der Waals surface area contributed by atoms with Crippen LogP contribution < -0.4 is 0 Å². The molecule has 0 saturated heterocycles. The van der Waals surface area contributed by atoms with Crippen molar-refractivity contribution in [2.75, 3.05) is 13.1 Å². The van der Waals surface area contributed by atoms with Crippen molar-refractivity contribution in [2.45, 2.75) is 45.4 Å². The predicted molar refractivity (Wildman–Crippen MR) is 70.2 cm³/mol. The van der Waals surface area contributed by atoms with Crippen LogP contribution in [-0.4, -0.2) is 35.0 Å². The molecule has 4 nitrogen and oxygen atoms in total. The summed E-state index contributed by atoms with van der Waals surface area (Å²) in [4.78, 5) is 24.6. The van der Waals surface area contributed by atoms with E-state index in [0.29, 0.717) is 6.54 Å². The molecule has 0 bridgehead atoms. The summed E-state index contributed by atoms with van der Waals surface area (Å²) in [5, 5.41) is 8.85. The largest absolute Gasteiger partial charge is 0.480 e. The van der Waals surface area contributed by atoms with Crippen molar-refractivity contribution in [3.8, 4) is 0 Å². The minimum absolute atomic E-state index is 0.000787. The van der Waals surface area contributed by atoms with Gasteiger partial charge < -0.3 is 10.0 Å². The highest BCUT2D eigenvalue weighted by molar-refractivity contribution is 5.83. The Morgan fingerprint density at radius 3 is 2.67 bits per heavy atom. The average molecular weight is 253 g/mol. The summed E-state index contributed by atoms with van der Waals surface area (Å²) >= 11 is 0. The quantitative estimate of drug-likeness (QED) is 0.766. The number of nitrogens with zero attached hydrogens (tertiary/aromatic N) is 1. The Kier molecular flexibility index (Phi) is 6.47. The second-order valence-corrected chi connectivity index (χ2v) is 4.83. The Hall–Kier alpha value is -1.32. The standard InChI is InChI=1S/C14H23NO3/c1-2-10-15(11-13(16)17)14(18)12-8-6-4-3-5-7-9-12/h3-4,12H,2,5-11H2,1H3,(H,16,17). The molecule has 1 aliphatic rings. The van der Waals surface area contributed by atoms with E-state index < -0.39 is 5.97 Å². The summed E-state index contributed by atoms with van der Waals surface area (Å²) in [6.07, 6.45) is 9.77. The fourth-order valence-corrected chi connectivity index (χ4v) is 2.37. The molecule has 0 heterocycles. The lowest BCUT2D eigenvalue weighted by Gasteiger charge is -2.26. The van der Waals surface area contributed by atoms with Crippen LogP contribution in [-0.2, 0) is 9.59 Å². The number of carbonyl (C=O) groups excluding carboxylic acids is 1. The van der Waals surface area contributed by atoms with Crippen LogP contribution in [0.2, 0.25) is 0 Å². The first-order chi connectivity index (χ1) is 8.65.